The normalized spacial score (nSPS) is 10.6. The van der Waals surface area contributed by atoms with Crippen molar-refractivity contribution in [2.24, 2.45) is 0 Å². The van der Waals surface area contributed by atoms with Gasteiger partial charge in [-0.1, -0.05) is 0 Å². The van der Waals surface area contributed by atoms with E-state index in [2.05, 4.69) is 10.1 Å². The summed E-state index contributed by atoms with van der Waals surface area (Å²) in [4.78, 5) is 23.9. The second-order valence-corrected chi connectivity index (χ2v) is 6.21. The van der Waals surface area contributed by atoms with Crippen molar-refractivity contribution in [1.82, 2.24) is 0 Å². The highest BCUT2D eigenvalue weighted by Gasteiger charge is 2.19. The number of nitrogens with one attached hydrogen (secondary N) is 1. The number of rotatable bonds is 6. The molecule has 0 saturated carbocycles. The zero-order valence-corrected chi connectivity index (χ0v) is 16.1. The molecule has 0 saturated heterocycles. The van der Waals surface area contributed by atoms with E-state index in [4.69, 9.17) is 13.9 Å². The van der Waals surface area contributed by atoms with Gasteiger partial charge >= 0.3 is 5.97 Å². The average Bonchev–Trinajstić information content (AvgIpc) is 3.03. The highest BCUT2D eigenvalue weighted by molar-refractivity contribution is 6.06. The molecule has 0 atom stereocenters. The van der Waals surface area contributed by atoms with Gasteiger partial charge in [0.05, 0.1) is 14.2 Å². The molecule has 146 valence electrons. The molecule has 7 heteroatoms. The number of hydrogen-bond acceptors (Lipinski definition) is 6. The monoisotopic (exact) mass is 383 g/mol. The van der Waals surface area contributed by atoms with Crippen LogP contribution in [0.3, 0.4) is 0 Å². The summed E-state index contributed by atoms with van der Waals surface area (Å²) < 4.78 is 20.8. The molecule has 0 aliphatic heterocycles. The summed E-state index contributed by atoms with van der Waals surface area (Å²) >= 11 is 0. The van der Waals surface area contributed by atoms with Crippen LogP contribution >= 0.6 is 0 Å². The summed E-state index contributed by atoms with van der Waals surface area (Å²) in [5.74, 6) is 0.634. The van der Waals surface area contributed by atoms with Crippen molar-refractivity contribution in [2.75, 3.05) is 26.1 Å². The Bertz CT molecular complexity index is 1040. The predicted octanol–water partition coefficient (Wildman–Crippen LogP) is 3.86. The zero-order valence-electron chi connectivity index (χ0n) is 16.1. The van der Waals surface area contributed by atoms with E-state index >= 15 is 0 Å². The fourth-order valence-electron chi connectivity index (χ4n) is 2.79. The number of ether oxygens (including phenoxy) is 3. The van der Waals surface area contributed by atoms with E-state index in [1.807, 2.05) is 19.9 Å². The maximum absolute atomic E-state index is 12.7. The molecule has 0 spiro atoms. The molecule has 0 bridgehead atoms. The fraction of sp³-hybridized carbons (Fsp3) is 0.238. The van der Waals surface area contributed by atoms with Crippen molar-refractivity contribution >= 4 is 28.5 Å². The number of carbonyl (C=O) groups excluding carboxylic acids is 2. The van der Waals surface area contributed by atoms with Crippen molar-refractivity contribution in [3.8, 4) is 11.5 Å². The molecule has 1 aromatic heterocycles. The van der Waals surface area contributed by atoms with Crippen molar-refractivity contribution in [3.63, 3.8) is 0 Å². The minimum Gasteiger partial charge on any atom is -0.497 e. The van der Waals surface area contributed by atoms with Crippen molar-refractivity contribution in [3.05, 3.63) is 53.3 Å². The first kappa shape index (κ1) is 19.3. The van der Waals surface area contributed by atoms with E-state index in [0.717, 1.165) is 16.5 Å². The lowest BCUT2D eigenvalue weighted by atomic mass is 10.1. The zero-order chi connectivity index (χ0) is 20.3. The Kier molecular flexibility index (Phi) is 5.54. The van der Waals surface area contributed by atoms with Gasteiger partial charge in [0.2, 0.25) is 0 Å². The van der Waals surface area contributed by atoms with E-state index in [-0.39, 0.29) is 18.3 Å². The van der Waals surface area contributed by atoms with E-state index in [1.165, 1.54) is 7.11 Å². The van der Waals surface area contributed by atoms with Crippen LogP contribution in [-0.4, -0.2) is 32.7 Å². The molecule has 3 rings (SSSR count). The minimum atomic E-state index is -0.466. The number of esters is 1. The van der Waals surface area contributed by atoms with E-state index < -0.39 is 5.97 Å². The Morgan fingerprint density at radius 3 is 2.46 bits per heavy atom. The van der Waals surface area contributed by atoms with Crippen LogP contribution in [0, 0.1) is 13.8 Å². The second kappa shape index (κ2) is 8.04. The summed E-state index contributed by atoms with van der Waals surface area (Å²) in [6, 6.07) is 10.5. The van der Waals surface area contributed by atoms with Crippen molar-refractivity contribution < 1.29 is 28.2 Å². The van der Waals surface area contributed by atoms with E-state index in [9.17, 15) is 9.59 Å². The van der Waals surface area contributed by atoms with Gasteiger partial charge in [-0.05, 0) is 55.8 Å². The Labute approximate surface area is 162 Å². The van der Waals surface area contributed by atoms with Gasteiger partial charge in [-0.15, -0.1) is 0 Å². The number of methoxy groups -OCH3 is 2. The highest BCUT2D eigenvalue weighted by Crippen LogP contribution is 2.30. The van der Waals surface area contributed by atoms with Gasteiger partial charge in [0.25, 0.3) is 5.91 Å². The molecule has 1 N–H and O–H groups in total. The predicted molar refractivity (Wildman–Crippen MR) is 104 cm³/mol. The fourth-order valence-corrected chi connectivity index (χ4v) is 2.79. The molecule has 0 aliphatic carbocycles. The average molecular weight is 383 g/mol. The molecule has 0 aliphatic rings. The lowest BCUT2D eigenvalue weighted by molar-refractivity contribution is -0.142. The first-order chi connectivity index (χ1) is 13.4. The van der Waals surface area contributed by atoms with Crippen LogP contribution in [0.5, 0.6) is 11.5 Å². The lowest BCUT2D eigenvalue weighted by Gasteiger charge is -2.10. The number of carbonyl (C=O) groups is 2. The van der Waals surface area contributed by atoms with Crippen molar-refractivity contribution in [2.45, 2.75) is 13.8 Å². The first-order valence-electron chi connectivity index (χ1n) is 8.61. The molecule has 0 fully saturated rings. The molecule has 2 aromatic carbocycles. The standard InChI is InChI=1S/C21H21NO6/c1-12-9-15(27-11-19(23)26-4)5-7-17(12)22-21(24)20-13(2)16-10-14(25-3)6-8-18(16)28-20/h5-10H,11H2,1-4H3,(H,22,24). The molecule has 7 nitrogen and oxygen atoms in total. The van der Waals surface area contributed by atoms with Gasteiger partial charge < -0.3 is 23.9 Å². The van der Waals surface area contributed by atoms with E-state index in [1.54, 1.807) is 37.4 Å². The summed E-state index contributed by atoms with van der Waals surface area (Å²) in [7, 11) is 2.89. The van der Waals surface area contributed by atoms with Crippen molar-refractivity contribution in [1.29, 1.82) is 0 Å². The molecule has 28 heavy (non-hydrogen) atoms. The van der Waals surface area contributed by atoms with Crippen LogP contribution in [0.4, 0.5) is 5.69 Å². The number of hydrogen-bond donors (Lipinski definition) is 1. The third-order valence-electron chi connectivity index (χ3n) is 4.38. The van der Waals surface area contributed by atoms with Crippen LogP contribution in [0.1, 0.15) is 21.7 Å². The molecular weight excluding hydrogens is 362 g/mol. The number of anilines is 1. The Morgan fingerprint density at radius 2 is 1.79 bits per heavy atom. The van der Waals surface area contributed by atoms with Crippen LogP contribution < -0.4 is 14.8 Å². The van der Waals surface area contributed by atoms with E-state index in [0.29, 0.717) is 22.8 Å². The molecule has 0 unspecified atom stereocenters. The number of benzene rings is 2. The SMILES string of the molecule is COC(=O)COc1ccc(NC(=O)c2oc3ccc(OC)cc3c2C)c(C)c1. The summed E-state index contributed by atoms with van der Waals surface area (Å²) in [5.41, 5.74) is 2.76. The maximum Gasteiger partial charge on any atom is 0.343 e. The second-order valence-electron chi connectivity index (χ2n) is 6.21. The largest absolute Gasteiger partial charge is 0.497 e. The quantitative estimate of drug-likeness (QED) is 0.651. The number of furan rings is 1. The smallest absolute Gasteiger partial charge is 0.343 e. The molecule has 0 radical (unpaired) electrons. The number of fused-ring (bicyclic) bond motifs is 1. The number of aryl methyl sites for hydroxylation is 2. The topological polar surface area (TPSA) is 87.0 Å². The lowest BCUT2D eigenvalue weighted by Crippen LogP contribution is -2.14. The van der Waals surface area contributed by atoms with Crippen LogP contribution in [0.25, 0.3) is 11.0 Å². The highest BCUT2D eigenvalue weighted by atomic mass is 16.6. The Morgan fingerprint density at radius 1 is 1.04 bits per heavy atom. The minimum absolute atomic E-state index is 0.177. The summed E-state index contributed by atoms with van der Waals surface area (Å²) in [6.07, 6.45) is 0. The summed E-state index contributed by atoms with van der Waals surface area (Å²) in [5, 5.41) is 3.68. The number of amides is 1. The third-order valence-corrected chi connectivity index (χ3v) is 4.38. The third kappa shape index (κ3) is 3.93. The van der Waals surface area contributed by atoms with Gasteiger partial charge in [0.15, 0.2) is 12.4 Å². The molecule has 1 amide bonds. The molecule has 3 aromatic rings. The van der Waals surface area contributed by atoms with Gasteiger partial charge in [-0.25, -0.2) is 4.79 Å². The molecule has 1 heterocycles. The molecular formula is C21H21NO6. The van der Waals surface area contributed by atoms with Crippen LogP contribution in [-0.2, 0) is 9.53 Å². The Hall–Kier alpha value is -3.48. The first-order valence-corrected chi connectivity index (χ1v) is 8.61. The van der Waals surface area contributed by atoms with Crippen LogP contribution in [0.2, 0.25) is 0 Å². The van der Waals surface area contributed by atoms with Gasteiger partial charge in [-0.2, -0.15) is 0 Å². The van der Waals surface area contributed by atoms with Crippen LogP contribution in [0.15, 0.2) is 40.8 Å². The van der Waals surface area contributed by atoms with Gasteiger partial charge in [-0.3, -0.25) is 4.79 Å². The summed E-state index contributed by atoms with van der Waals surface area (Å²) in [6.45, 7) is 3.48. The van der Waals surface area contributed by atoms with Gasteiger partial charge in [0.1, 0.15) is 17.1 Å². The maximum atomic E-state index is 12.7. The van der Waals surface area contributed by atoms with Gasteiger partial charge in [0, 0.05) is 16.6 Å². The Balaban J connectivity index is 1.78.